The van der Waals surface area contributed by atoms with Gasteiger partial charge in [-0.3, -0.25) is 4.79 Å². The van der Waals surface area contributed by atoms with E-state index in [1.165, 1.54) is 5.56 Å². The Morgan fingerprint density at radius 2 is 1.81 bits per heavy atom. The molecule has 1 amide bonds. The van der Waals surface area contributed by atoms with Gasteiger partial charge in [0.15, 0.2) is 6.61 Å². The number of ether oxygens (including phenoxy) is 1. The molecule has 0 aromatic heterocycles. The van der Waals surface area contributed by atoms with Crippen LogP contribution in [0.2, 0.25) is 5.02 Å². The molecule has 0 fully saturated rings. The van der Waals surface area contributed by atoms with E-state index in [-0.39, 0.29) is 18.4 Å². The molecule has 1 atom stereocenters. The van der Waals surface area contributed by atoms with Crippen molar-refractivity contribution in [3.8, 4) is 5.75 Å². The molecule has 0 radical (unpaired) electrons. The molecule has 1 N–H and O–H groups in total. The Morgan fingerprint density at radius 1 is 1.14 bits per heavy atom. The van der Waals surface area contributed by atoms with Crippen LogP contribution >= 0.6 is 11.6 Å². The molecule has 110 valence electrons. The van der Waals surface area contributed by atoms with Gasteiger partial charge in [-0.15, -0.1) is 0 Å². The Balaban J connectivity index is 1.73. The summed E-state index contributed by atoms with van der Waals surface area (Å²) in [6.07, 6.45) is 0. The van der Waals surface area contributed by atoms with Crippen molar-refractivity contribution < 1.29 is 9.53 Å². The van der Waals surface area contributed by atoms with Crippen LogP contribution in [0.1, 0.15) is 18.4 Å². The molecule has 0 bridgehead atoms. The minimum atomic E-state index is -0.132. The Morgan fingerprint density at radius 3 is 2.48 bits per heavy atom. The van der Waals surface area contributed by atoms with E-state index in [0.717, 1.165) is 0 Å². The summed E-state index contributed by atoms with van der Waals surface area (Å²) in [5, 5.41) is 3.51. The van der Waals surface area contributed by atoms with Gasteiger partial charge in [0, 0.05) is 11.6 Å². The highest BCUT2D eigenvalue weighted by atomic mass is 35.5. The zero-order chi connectivity index (χ0) is 15.1. The lowest BCUT2D eigenvalue weighted by Crippen LogP contribution is -2.31. The van der Waals surface area contributed by atoms with Crippen LogP contribution in [0.4, 0.5) is 0 Å². The number of amides is 1. The lowest BCUT2D eigenvalue weighted by atomic mass is 10.0. The Hall–Kier alpha value is -2.00. The topological polar surface area (TPSA) is 38.3 Å². The Bertz CT molecular complexity index is 569. The predicted molar refractivity (Wildman–Crippen MR) is 84.8 cm³/mol. The molecule has 2 aromatic rings. The number of nitrogens with one attached hydrogen (secondary N) is 1. The zero-order valence-corrected chi connectivity index (χ0v) is 12.6. The Labute approximate surface area is 129 Å². The lowest BCUT2D eigenvalue weighted by molar-refractivity contribution is -0.123. The number of carbonyl (C=O) groups is 1. The molecule has 0 saturated carbocycles. The third-order valence-electron chi connectivity index (χ3n) is 3.16. The van der Waals surface area contributed by atoms with Crippen molar-refractivity contribution in [3.63, 3.8) is 0 Å². The number of carbonyl (C=O) groups excluding carboxylic acids is 1. The second-order valence-corrected chi connectivity index (χ2v) is 5.29. The van der Waals surface area contributed by atoms with Crippen molar-refractivity contribution in [2.45, 2.75) is 12.8 Å². The molecule has 21 heavy (non-hydrogen) atoms. The SMILES string of the molecule is CC(CNC(=O)COc1ccc(Cl)cc1)c1ccccc1. The summed E-state index contributed by atoms with van der Waals surface area (Å²) in [7, 11) is 0. The van der Waals surface area contributed by atoms with Crippen molar-refractivity contribution in [3.05, 3.63) is 65.2 Å². The standard InChI is InChI=1S/C17H18ClNO2/c1-13(14-5-3-2-4-6-14)11-19-17(20)12-21-16-9-7-15(18)8-10-16/h2-10,13H,11-12H2,1H3,(H,19,20). The van der Waals surface area contributed by atoms with Gasteiger partial charge >= 0.3 is 0 Å². The van der Waals surface area contributed by atoms with Gasteiger partial charge < -0.3 is 10.1 Å². The molecule has 0 spiro atoms. The largest absolute Gasteiger partial charge is 0.484 e. The molecule has 0 heterocycles. The third-order valence-corrected chi connectivity index (χ3v) is 3.41. The summed E-state index contributed by atoms with van der Waals surface area (Å²) in [6, 6.07) is 17.0. The normalized spacial score (nSPS) is 11.7. The van der Waals surface area contributed by atoms with Gasteiger partial charge in [0.2, 0.25) is 0 Å². The van der Waals surface area contributed by atoms with E-state index in [4.69, 9.17) is 16.3 Å². The summed E-state index contributed by atoms with van der Waals surface area (Å²) in [4.78, 5) is 11.8. The molecule has 1 unspecified atom stereocenters. The maximum Gasteiger partial charge on any atom is 0.257 e. The van der Waals surface area contributed by atoms with Crippen molar-refractivity contribution in [2.75, 3.05) is 13.2 Å². The maximum atomic E-state index is 11.8. The van der Waals surface area contributed by atoms with Crippen LogP contribution < -0.4 is 10.1 Å². The van der Waals surface area contributed by atoms with E-state index in [2.05, 4.69) is 24.4 Å². The minimum absolute atomic E-state index is 0.00312. The first-order valence-electron chi connectivity index (χ1n) is 6.85. The van der Waals surface area contributed by atoms with Crippen LogP contribution in [0.5, 0.6) is 5.75 Å². The van der Waals surface area contributed by atoms with Gasteiger partial charge in [-0.2, -0.15) is 0 Å². The average molecular weight is 304 g/mol. The van der Waals surface area contributed by atoms with Crippen LogP contribution in [-0.2, 0) is 4.79 Å². The fourth-order valence-electron chi connectivity index (χ4n) is 1.90. The van der Waals surface area contributed by atoms with Crippen LogP contribution in [0.15, 0.2) is 54.6 Å². The van der Waals surface area contributed by atoms with E-state index in [9.17, 15) is 4.79 Å². The summed E-state index contributed by atoms with van der Waals surface area (Å²) in [5.74, 6) is 0.768. The molecule has 2 rings (SSSR count). The van der Waals surface area contributed by atoms with Crippen molar-refractivity contribution in [1.29, 1.82) is 0 Å². The van der Waals surface area contributed by atoms with Gasteiger partial charge in [0.05, 0.1) is 0 Å². The molecule has 0 aliphatic rings. The molecule has 3 nitrogen and oxygen atoms in total. The molecule has 4 heteroatoms. The van der Waals surface area contributed by atoms with Crippen molar-refractivity contribution in [1.82, 2.24) is 5.32 Å². The molecule has 0 saturated heterocycles. The number of hydrogen-bond acceptors (Lipinski definition) is 2. The first-order valence-corrected chi connectivity index (χ1v) is 7.23. The third kappa shape index (κ3) is 5.12. The van der Waals surface area contributed by atoms with E-state index in [1.807, 2.05) is 18.2 Å². The van der Waals surface area contributed by atoms with E-state index in [1.54, 1.807) is 24.3 Å². The Kier molecular flexibility index (Phi) is 5.64. The number of hydrogen-bond donors (Lipinski definition) is 1. The second kappa shape index (κ2) is 7.70. The van der Waals surface area contributed by atoms with Crippen LogP contribution in [0.25, 0.3) is 0 Å². The van der Waals surface area contributed by atoms with E-state index >= 15 is 0 Å². The molecular formula is C17H18ClNO2. The summed E-state index contributed by atoms with van der Waals surface area (Å²) in [6.45, 7) is 2.67. The van der Waals surface area contributed by atoms with Gasteiger partial charge in [0.1, 0.15) is 5.75 Å². The first kappa shape index (κ1) is 15.4. The quantitative estimate of drug-likeness (QED) is 0.885. The highest BCUT2D eigenvalue weighted by molar-refractivity contribution is 6.30. The second-order valence-electron chi connectivity index (χ2n) is 4.86. The maximum absolute atomic E-state index is 11.8. The summed E-state index contributed by atoms with van der Waals surface area (Å²) >= 11 is 5.78. The van der Waals surface area contributed by atoms with Crippen LogP contribution in [0, 0.1) is 0 Å². The fraction of sp³-hybridized carbons (Fsp3) is 0.235. The first-order chi connectivity index (χ1) is 10.1. The minimum Gasteiger partial charge on any atom is -0.484 e. The van der Waals surface area contributed by atoms with Crippen molar-refractivity contribution >= 4 is 17.5 Å². The number of halogens is 1. The number of rotatable bonds is 6. The summed E-state index contributed by atoms with van der Waals surface area (Å²) < 4.78 is 5.39. The van der Waals surface area contributed by atoms with Crippen LogP contribution in [0.3, 0.4) is 0 Å². The number of benzene rings is 2. The lowest BCUT2D eigenvalue weighted by Gasteiger charge is -2.13. The van der Waals surface area contributed by atoms with Gasteiger partial charge in [-0.05, 0) is 35.7 Å². The fourth-order valence-corrected chi connectivity index (χ4v) is 2.02. The smallest absolute Gasteiger partial charge is 0.257 e. The molecule has 2 aromatic carbocycles. The zero-order valence-electron chi connectivity index (χ0n) is 11.9. The van der Waals surface area contributed by atoms with Gasteiger partial charge in [-0.25, -0.2) is 0 Å². The predicted octanol–water partition coefficient (Wildman–Crippen LogP) is 3.64. The molecular weight excluding hydrogens is 286 g/mol. The van der Waals surface area contributed by atoms with Gasteiger partial charge in [0.25, 0.3) is 5.91 Å². The van der Waals surface area contributed by atoms with Crippen LogP contribution in [-0.4, -0.2) is 19.1 Å². The summed E-state index contributed by atoms with van der Waals surface area (Å²) in [5.41, 5.74) is 1.21. The highest BCUT2D eigenvalue weighted by Crippen LogP contribution is 2.15. The van der Waals surface area contributed by atoms with Crippen molar-refractivity contribution in [2.24, 2.45) is 0 Å². The van der Waals surface area contributed by atoms with Gasteiger partial charge in [-0.1, -0.05) is 48.9 Å². The highest BCUT2D eigenvalue weighted by Gasteiger charge is 2.08. The average Bonchev–Trinajstić information content (AvgIpc) is 2.53. The van der Waals surface area contributed by atoms with E-state index in [0.29, 0.717) is 17.3 Å². The molecule has 0 aliphatic carbocycles. The van der Waals surface area contributed by atoms with E-state index < -0.39 is 0 Å². The molecule has 0 aliphatic heterocycles. The monoisotopic (exact) mass is 303 g/mol.